The molecule has 0 heterocycles. The van der Waals surface area contributed by atoms with Crippen LogP contribution >= 0.6 is 12.4 Å². The maximum Gasteiger partial charge on any atom is 0.313 e. The normalized spacial score (nSPS) is 14.8. The Morgan fingerprint density at radius 1 is 1.73 bits per heavy atom. The summed E-state index contributed by atoms with van der Waals surface area (Å²) in [6.07, 6.45) is 0. The molecule has 0 radical (unpaired) electrons. The van der Waals surface area contributed by atoms with Crippen molar-refractivity contribution in [2.75, 3.05) is 20.3 Å². The molecular weight excluding hydrogens is 170 g/mol. The molecule has 0 spiro atoms. The van der Waals surface area contributed by atoms with E-state index in [1.54, 1.807) is 6.92 Å². The van der Waals surface area contributed by atoms with Gasteiger partial charge in [-0.15, -0.1) is 12.4 Å². The lowest BCUT2D eigenvalue weighted by atomic mass is 9.92. The summed E-state index contributed by atoms with van der Waals surface area (Å²) in [4.78, 5) is 10.5. The summed E-state index contributed by atoms with van der Waals surface area (Å²) in [5, 5.41) is 8.60. The molecule has 0 aliphatic rings. The molecule has 0 bridgehead atoms. The summed E-state index contributed by atoms with van der Waals surface area (Å²) >= 11 is 0. The van der Waals surface area contributed by atoms with Crippen LogP contribution in [0.4, 0.5) is 0 Å². The first-order chi connectivity index (χ1) is 4.56. The van der Waals surface area contributed by atoms with Gasteiger partial charge in [0.15, 0.2) is 0 Å². The molecule has 0 saturated heterocycles. The molecule has 0 aromatic heterocycles. The molecule has 3 N–H and O–H groups in total. The van der Waals surface area contributed by atoms with Crippen LogP contribution < -0.4 is 5.73 Å². The predicted octanol–water partition coefficient (Wildman–Crippen LogP) is 0.104. The van der Waals surface area contributed by atoms with Crippen molar-refractivity contribution >= 4 is 18.4 Å². The van der Waals surface area contributed by atoms with Gasteiger partial charge < -0.3 is 15.6 Å². The topological polar surface area (TPSA) is 72.5 Å². The molecule has 68 valence electrons. The summed E-state index contributed by atoms with van der Waals surface area (Å²) in [6.45, 7) is 1.80. The molecule has 4 nitrogen and oxygen atoms in total. The van der Waals surface area contributed by atoms with Crippen molar-refractivity contribution in [2.45, 2.75) is 6.92 Å². The fraction of sp³-hybridized carbons (Fsp3) is 0.833. The van der Waals surface area contributed by atoms with Gasteiger partial charge in [0, 0.05) is 13.7 Å². The van der Waals surface area contributed by atoms with E-state index >= 15 is 0 Å². The van der Waals surface area contributed by atoms with E-state index in [0.717, 1.165) is 0 Å². The Morgan fingerprint density at radius 2 is 2.18 bits per heavy atom. The van der Waals surface area contributed by atoms with Crippen molar-refractivity contribution in [2.24, 2.45) is 11.1 Å². The lowest BCUT2D eigenvalue weighted by molar-refractivity contribution is -0.150. The molecule has 0 aliphatic heterocycles. The summed E-state index contributed by atoms with van der Waals surface area (Å²) in [7, 11) is 1.46. The molecule has 0 saturated carbocycles. The predicted molar refractivity (Wildman–Crippen MR) is 43.9 cm³/mol. The van der Waals surface area contributed by atoms with E-state index in [4.69, 9.17) is 15.6 Å². The lowest BCUT2D eigenvalue weighted by Crippen LogP contribution is -2.39. The van der Waals surface area contributed by atoms with Gasteiger partial charge in [0.2, 0.25) is 0 Å². The SMILES string of the molecule is COCC(C)(CN)C(=O)O.Cl. The first-order valence-electron chi connectivity index (χ1n) is 2.99. The first-order valence-corrected chi connectivity index (χ1v) is 2.99. The molecule has 0 rings (SSSR count). The number of aliphatic carboxylic acids is 1. The molecule has 0 fully saturated rings. The maximum absolute atomic E-state index is 10.5. The van der Waals surface area contributed by atoms with Gasteiger partial charge in [-0.3, -0.25) is 4.79 Å². The molecular formula is C6H14ClNO3. The zero-order valence-corrected chi connectivity index (χ0v) is 7.48. The van der Waals surface area contributed by atoms with Crippen LogP contribution in [-0.2, 0) is 9.53 Å². The number of carbonyl (C=O) groups is 1. The molecule has 0 amide bonds. The van der Waals surface area contributed by atoms with Crippen LogP contribution in [0.2, 0.25) is 0 Å². The highest BCUT2D eigenvalue weighted by atomic mass is 35.5. The number of hydrogen-bond acceptors (Lipinski definition) is 3. The van der Waals surface area contributed by atoms with E-state index in [1.165, 1.54) is 7.11 Å². The van der Waals surface area contributed by atoms with Gasteiger partial charge in [-0.1, -0.05) is 0 Å². The Hall–Kier alpha value is -0.320. The zero-order valence-electron chi connectivity index (χ0n) is 6.66. The lowest BCUT2D eigenvalue weighted by Gasteiger charge is -2.20. The highest BCUT2D eigenvalue weighted by molar-refractivity contribution is 5.85. The van der Waals surface area contributed by atoms with Crippen LogP contribution in [0.5, 0.6) is 0 Å². The van der Waals surface area contributed by atoms with E-state index in [-0.39, 0.29) is 25.6 Å². The molecule has 1 unspecified atom stereocenters. The minimum Gasteiger partial charge on any atom is -0.481 e. The summed E-state index contributed by atoms with van der Waals surface area (Å²) in [5.74, 6) is -0.920. The number of carboxylic acids is 1. The van der Waals surface area contributed by atoms with Gasteiger partial charge in [0.05, 0.1) is 6.61 Å². The standard InChI is InChI=1S/C6H13NO3.ClH/c1-6(3-7,4-10-2)5(8)9;/h3-4,7H2,1-2H3,(H,8,9);1H. The molecule has 0 aromatic carbocycles. The molecule has 11 heavy (non-hydrogen) atoms. The number of hydrogen-bond donors (Lipinski definition) is 2. The molecule has 0 aromatic rings. The van der Waals surface area contributed by atoms with E-state index in [2.05, 4.69) is 0 Å². The Labute approximate surface area is 72.1 Å². The zero-order chi connectivity index (χ0) is 8.20. The quantitative estimate of drug-likeness (QED) is 0.649. The Kier molecular flexibility index (Phi) is 6.46. The highest BCUT2D eigenvalue weighted by Crippen LogP contribution is 2.13. The van der Waals surface area contributed by atoms with Gasteiger partial charge in [0.25, 0.3) is 0 Å². The molecule has 0 aliphatic carbocycles. The van der Waals surface area contributed by atoms with Gasteiger partial charge in [-0.05, 0) is 6.92 Å². The van der Waals surface area contributed by atoms with Crippen LogP contribution in [-0.4, -0.2) is 31.3 Å². The van der Waals surface area contributed by atoms with Crippen LogP contribution in [0, 0.1) is 5.41 Å². The third kappa shape index (κ3) is 3.55. The van der Waals surface area contributed by atoms with Gasteiger partial charge in [0.1, 0.15) is 5.41 Å². The Balaban J connectivity index is 0. The average Bonchev–Trinajstić information content (AvgIpc) is 1.88. The second-order valence-electron chi connectivity index (χ2n) is 2.50. The summed E-state index contributed by atoms with van der Waals surface area (Å²) in [5.41, 5.74) is 4.30. The van der Waals surface area contributed by atoms with Crippen LogP contribution in [0.1, 0.15) is 6.92 Å². The Bertz CT molecular complexity index is 131. The maximum atomic E-state index is 10.5. The third-order valence-corrected chi connectivity index (χ3v) is 1.43. The second-order valence-corrected chi connectivity index (χ2v) is 2.50. The number of ether oxygens (including phenoxy) is 1. The van der Waals surface area contributed by atoms with Crippen molar-refractivity contribution in [1.82, 2.24) is 0 Å². The van der Waals surface area contributed by atoms with Crippen molar-refractivity contribution < 1.29 is 14.6 Å². The summed E-state index contributed by atoms with van der Waals surface area (Å²) in [6, 6.07) is 0. The van der Waals surface area contributed by atoms with Crippen LogP contribution in [0.25, 0.3) is 0 Å². The van der Waals surface area contributed by atoms with Crippen molar-refractivity contribution in [3.63, 3.8) is 0 Å². The number of nitrogens with two attached hydrogens (primary N) is 1. The molecule has 5 heteroatoms. The van der Waals surface area contributed by atoms with Crippen LogP contribution in [0.15, 0.2) is 0 Å². The average molecular weight is 184 g/mol. The second kappa shape index (κ2) is 5.35. The van der Waals surface area contributed by atoms with E-state index in [1.807, 2.05) is 0 Å². The van der Waals surface area contributed by atoms with E-state index in [0.29, 0.717) is 0 Å². The fourth-order valence-corrected chi connectivity index (χ4v) is 0.527. The minimum absolute atomic E-state index is 0. The van der Waals surface area contributed by atoms with Gasteiger partial charge in [-0.25, -0.2) is 0 Å². The number of carboxylic acid groups (broad SMARTS) is 1. The first kappa shape index (κ1) is 13.3. The van der Waals surface area contributed by atoms with E-state index in [9.17, 15) is 4.79 Å². The minimum atomic E-state index is -0.936. The summed E-state index contributed by atoms with van der Waals surface area (Å²) < 4.78 is 4.70. The number of methoxy groups -OCH3 is 1. The van der Waals surface area contributed by atoms with E-state index < -0.39 is 11.4 Å². The fourth-order valence-electron chi connectivity index (χ4n) is 0.527. The van der Waals surface area contributed by atoms with Crippen molar-refractivity contribution in [3.05, 3.63) is 0 Å². The highest BCUT2D eigenvalue weighted by Gasteiger charge is 2.31. The smallest absolute Gasteiger partial charge is 0.313 e. The van der Waals surface area contributed by atoms with Gasteiger partial charge in [-0.2, -0.15) is 0 Å². The largest absolute Gasteiger partial charge is 0.481 e. The van der Waals surface area contributed by atoms with Gasteiger partial charge >= 0.3 is 5.97 Å². The Morgan fingerprint density at radius 3 is 2.27 bits per heavy atom. The molecule has 1 atom stereocenters. The van der Waals surface area contributed by atoms with Crippen LogP contribution in [0.3, 0.4) is 0 Å². The number of rotatable bonds is 4. The third-order valence-electron chi connectivity index (χ3n) is 1.43. The number of halogens is 1. The van der Waals surface area contributed by atoms with Crippen molar-refractivity contribution in [3.8, 4) is 0 Å². The monoisotopic (exact) mass is 183 g/mol. The van der Waals surface area contributed by atoms with Crippen molar-refractivity contribution in [1.29, 1.82) is 0 Å².